The zero-order valence-corrected chi connectivity index (χ0v) is 66.7. The second-order valence-electron chi connectivity index (χ2n) is 29.1. The normalized spacial score (nSPS) is 18.6. The quantitative estimate of drug-likeness (QED) is 0.0416. The minimum atomic E-state index is -3.26. The number of carbonyl (C=O) groups excluding carboxylic acids is 2. The fourth-order valence-electron chi connectivity index (χ4n) is 15.4. The first-order valence-corrected chi connectivity index (χ1v) is 39.6. The molecule has 3 saturated heterocycles. The van der Waals surface area contributed by atoms with Crippen LogP contribution in [-0.2, 0) is 40.6 Å². The molecule has 3 unspecified atom stereocenters. The van der Waals surface area contributed by atoms with Crippen LogP contribution >= 0.6 is 34.8 Å². The minimum absolute atomic E-state index is 0.234. The van der Waals surface area contributed by atoms with Crippen molar-refractivity contribution in [3.05, 3.63) is 278 Å². The van der Waals surface area contributed by atoms with Gasteiger partial charge in [-0.1, -0.05) is 86.5 Å². The Labute approximate surface area is 672 Å². The van der Waals surface area contributed by atoms with E-state index in [1.165, 1.54) is 38.3 Å². The maximum atomic E-state index is 12.5. The second kappa shape index (κ2) is 34.4. The molecule has 2 amide bonds. The van der Waals surface area contributed by atoms with Crippen LogP contribution in [0.25, 0.3) is 66.3 Å². The molecule has 9 aromatic rings. The summed E-state index contributed by atoms with van der Waals surface area (Å²) in [5.41, 5.74) is 43.8. The molecule has 6 atom stereocenters. The van der Waals surface area contributed by atoms with Crippen LogP contribution in [0.4, 0.5) is 9.59 Å². The number of halogens is 3. The summed E-state index contributed by atoms with van der Waals surface area (Å²) >= 11 is 19.6. The maximum absolute atomic E-state index is 12.5. The number of piperazine rings is 3. The molecule has 9 heterocycles. The van der Waals surface area contributed by atoms with E-state index in [1.807, 2.05) is 144 Å². The van der Waals surface area contributed by atoms with Crippen molar-refractivity contribution >= 4 is 92.0 Å². The Hall–Kier alpha value is -11.0. The molecule has 32 nitrogen and oxygen atoms in total. The van der Waals surface area contributed by atoms with Gasteiger partial charge < -0.3 is 43.2 Å². The number of fused-ring (bicyclic) bond motifs is 6. The first-order valence-electron chi connectivity index (χ1n) is 36.6. The van der Waals surface area contributed by atoms with Crippen molar-refractivity contribution in [3.8, 4) is 0 Å². The van der Waals surface area contributed by atoms with Crippen LogP contribution in [0.15, 0.2) is 163 Å². The minimum Gasteiger partial charge on any atom is -0.418 e. The molecule has 0 saturated carbocycles. The number of amides is 2. The highest BCUT2D eigenvalue weighted by Crippen LogP contribution is 2.50. The largest absolute Gasteiger partial charge is 0.418 e. The average molecular weight is 1620 g/mol. The van der Waals surface area contributed by atoms with Crippen molar-refractivity contribution in [3.63, 3.8) is 0 Å². The van der Waals surface area contributed by atoms with E-state index >= 15 is 0 Å². The van der Waals surface area contributed by atoms with E-state index in [4.69, 9.17) is 59.2 Å². The summed E-state index contributed by atoms with van der Waals surface area (Å²) in [4.78, 5) is 71.7. The van der Waals surface area contributed by atoms with Gasteiger partial charge in [0.1, 0.15) is 18.1 Å². The van der Waals surface area contributed by atoms with Gasteiger partial charge in [-0.3, -0.25) is 29.7 Å². The first-order chi connectivity index (χ1) is 54.6. The van der Waals surface area contributed by atoms with Gasteiger partial charge in [-0.25, -0.2) is 33.0 Å². The number of sulfonamides is 1. The molecular weight excluding hydrogens is 1540 g/mol. The number of pyridine rings is 3. The highest BCUT2D eigenvalue weighted by atomic mass is 35.5. The monoisotopic (exact) mass is 1620 g/mol. The summed E-state index contributed by atoms with van der Waals surface area (Å²) in [6, 6.07) is 26.2. The average Bonchev–Trinajstić information content (AvgIpc) is 1.60. The van der Waals surface area contributed by atoms with Crippen LogP contribution < -0.4 is 0 Å². The number of azide groups is 3. The number of carbonyl (C=O) groups is 2. The highest BCUT2D eigenvalue weighted by Gasteiger charge is 2.41. The second-order valence-corrected chi connectivity index (χ2v) is 32.4. The summed E-state index contributed by atoms with van der Waals surface area (Å²) in [6.07, 6.45) is 21.6. The van der Waals surface area contributed by atoms with E-state index in [9.17, 15) is 44.8 Å². The Bertz CT molecular complexity index is 5260. The van der Waals surface area contributed by atoms with E-state index in [0.717, 1.165) is 101 Å². The lowest BCUT2D eigenvalue weighted by Crippen LogP contribution is -2.51. The maximum Gasteiger partial charge on any atom is 0.412 e. The third kappa shape index (κ3) is 17.8. The van der Waals surface area contributed by atoms with Gasteiger partial charge in [0, 0.05) is 194 Å². The van der Waals surface area contributed by atoms with Gasteiger partial charge >= 0.3 is 12.2 Å². The number of rotatable bonds is 15. The molecule has 0 radical (unpaired) electrons. The lowest BCUT2D eigenvalue weighted by molar-refractivity contribution is -0.142. The molecule has 0 spiro atoms. The molecule has 3 aromatic carbocycles. The molecule has 0 bridgehead atoms. The molecule has 6 aromatic heterocycles. The Morgan fingerprint density at radius 1 is 0.482 bits per heavy atom. The molecule has 3 aliphatic carbocycles. The number of aromatic nitrogens is 9. The third-order valence-electron chi connectivity index (χ3n) is 20.6. The molecule has 2 N–H and O–H groups in total. The summed E-state index contributed by atoms with van der Waals surface area (Å²) in [5.74, 6) is -3.09. The van der Waals surface area contributed by atoms with E-state index in [1.54, 1.807) is 66.0 Å². The summed E-state index contributed by atoms with van der Waals surface area (Å²) in [6.45, 7) is 11.5. The SMILES string of the molecule is Cn1cncc1C(N=[N+]=[N-])C1=Cc2cccnc2[C@@H](N2CCN(C(=O)OC(C)(C)O)CC2)c2ccc(Cl)cc21.Cn1cncc1C(N=[N+]=[N-])C1=Cc2cccnc2[C@@H](N2CCN(C(=O)OC(C)(C)O)CC2)c2ccc(Cl)cc21.Cn1cncc1C(N=[N+]=[N-])C1=Cc2cccnc2[C@@H](N2CCN(S(C)(=O)=O)CC2)c2ccc(Cl)cc21. The predicted molar refractivity (Wildman–Crippen MR) is 431 cm³/mol. The number of hydrogen-bond donors (Lipinski definition) is 2. The molecule has 590 valence electrons. The van der Waals surface area contributed by atoms with Crippen LogP contribution in [0, 0.1) is 0 Å². The van der Waals surface area contributed by atoms with Gasteiger partial charge in [-0.05, 0) is 156 Å². The number of imidazole rings is 3. The molecule has 3 fully saturated rings. The molecular formula is C78H83Cl3N24O8S. The lowest BCUT2D eigenvalue weighted by Gasteiger charge is -2.40. The summed E-state index contributed by atoms with van der Waals surface area (Å²) < 4.78 is 41.5. The molecule has 6 aliphatic rings. The number of benzene rings is 3. The van der Waals surface area contributed by atoms with Crippen LogP contribution in [0.2, 0.25) is 15.1 Å². The molecule has 3 aliphatic heterocycles. The number of hydrogen-bond acceptors (Lipinski definition) is 20. The fourth-order valence-corrected chi connectivity index (χ4v) is 16.8. The Morgan fingerprint density at radius 3 is 1.03 bits per heavy atom. The zero-order valence-electron chi connectivity index (χ0n) is 63.7. The molecule has 36 heteroatoms. The van der Waals surface area contributed by atoms with Crippen molar-refractivity contribution in [1.82, 2.24) is 72.4 Å². The first kappa shape index (κ1) is 81.0. The van der Waals surface area contributed by atoms with Gasteiger partial charge in [-0.2, -0.15) is 4.31 Å². The Kier molecular flexibility index (Phi) is 24.4. The van der Waals surface area contributed by atoms with Crippen molar-refractivity contribution in [2.75, 3.05) is 84.8 Å². The lowest BCUT2D eigenvalue weighted by atomic mass is 9.90. The third-order valence-corrected chi connectivity index (χ3v) is 22.6. The van der Waals surface area contributed by atoms with Crippen LogP contribution in [0.1, 0.15) is 148 Å². The highest BCUT2D eigenvalue weighted by molar-refractivity contribution is 7.88. The number of aliphatic hydroxyl groups is 2. The van der Waals surface area contributed by atoms with Crippen molar-refractivity contribution in [2.24, 2.45) is 36.5 Å². The number of aryl methyl sites for hydroxylation is 3. The Balaban J connectivity index is 0.000000149. The zero-order chi connectivity index (χ0) is 80.9. The van der Waals surface area contributed by atoms with Crippen molar-refractivity contribution in [1.29, 1.82) is 0 Å². The number of nitrogens with zero attached hydrogens (tertiary/aromatic N) is 24. The van der Waals surface area contributed by atoms with Crippen LogP contribution in [-0.4, -0.2) is 200 Å². The Morgan fingerprint density at radius 2 is 0.772 bits per heavy atom. The van der Waals surface area contributed by atoms with Gasteiger partial charge in [-0.15, -0.1) is 0 Å². The molecule has 114 heavy (non-hydrogen) atoms. The predicted octanol–water partition coefficient (Wildman–Crippen LogP) is 13.9. The van der Waals surface area contributed by atoms with Crippen molar-refractivity contribution < 1.29 is 37.7 Å². The molecule has 15 rings (SSSR count). The van der Waals surface area contributed by atoms with Crippen LogP contribution in [0.3, 0.4) is 0 Å². The van der Waals surface area contributed by atoms with Gasteiger partial charge in [0.25, 0.3) is 0 Å². The van der Waals surface area contributed by atoms with Gasteiger partial charge in [0.2, 0.25) is 21.6 Å². The fraction of sp³-hybridized carbons (Fsp3) is 0.359. The summed E-state index contributed by atoms with van der Waals surface area (Å²) in [7, 11) is 2.32. The van der Waals surface area contributed by atoms with Crippen LogP contribution in [0.5, 0.6) is 0 Å². The van der Waals surface area contributed by atoms with Gasteiger partial charge in [0.05, 0.1) is 77.5 Å². The van der Waals surface area contributed by atoms with Gasteiger partial charge in [0.15, 0.2) is 0 Å². The standard InChI is InChI=1S/2C27H29ClN8O3.C24H25ClN8O2S/c2*1-27(2,38)39-26(37)36-11-9-35(10-12-36)25-19-7-6-18(28)14-20(19)21(13-17-5-4-8-31-23(17)25)24(32-33-29)22-15-30-16-34(22)3;1-31-15-27-14-21(31)23(29-30-26)20-12-16-4-3-7-28-22(16)24(18-6-5-17(25)13-19(18)20)32-8-10-33(11-9-32)36(2,34)35/h2*4-8,13-16,24-25,38H,9-12H2,1-3H3;3-7,12-15,23-24H,8-11H2,1-2H3/t2*24?,25-;23?,24-/m000/s1. The smallest absolute Gasteiger partial charge is 0.412 e. The van der Waals surface area contributed by atoms with Crippen molar-refractivity contribution in [2.45, 2.75) is 75.5 Å². The van der Waals surface area contributed by atoms with E-state index in [0.29, 0.717) is 93.6 Å². The van der Waals surface area contributed by atoms with E-state index < -0.39 is 51.9 Å². The van der Waals surface area contributed by atoms with E-state index in [-0.39, 0.29) is 18.1 Å². The number of ether oxygens (including phenoxy) is 2. The van der Waals surface area contributed by atoms with E-state index in [2.05, 4.69) is 59.7 Å². The topological polar surface area (TPSA) is 385 Å². The summed E-state index contributed by atoms with van der Waals surface area (Å²) in [5, 5.41) is 34.0.